The number of likely N-dealkylation sites (tertiary alicyclic amines) is 3. The fraction of sp³-hybridized carbons (Fsp3) is 1.00. The van der Waals surface area contributed by atoms with Crippen molar-refractivity contribution < 1.29 is 4.74 Å². The van der Waals surface area contributed by atoms with Gasteiger partial charge >= 0.3 is 0 Å². The van der Waals surface area contributed by atoms with E-state index in [-0.39, 0.29) is 5.79 Å². The number of nitrogens with zero attached hydrogens (tertiary/aromatic N) is 5. The standard InChI is InChI=1S/C20H37N5OS/c1-2-9-22(10-3-1)20(23-11-4-5-12-23)19(21-7-6-8-21)27-18-15-25(20)24-13-16-26-17-14-24/h19H,1-18H2. The third kappa shape index (κ3) is 3.37. The lowest BCUT2D eigenvalue weighted by Gasteiger charge is -2.66. The Morgan fingerprint density at radius 3 is 1.89 bits per heavy atom. The highest BCUT2D eigenvalue weighted by Crippen LogP contribution is 2.45. The first-order valence-corrected chi connectivity index (χ1v) is 12.4. The minimum absolute atomic E-state index is 0.0532. The van der Waals surface area contributed by atoms with Crippen molar-refractivity contribution in [2.24, 2.45) is 0 Å². The van der Waals surface area contributed by atoms with E-state index in [4.69, 9.17) is 4.74 Å². The largest absolute Gasteiger partial charge is 0.379 e. The molecule has 0 radical (unpaired) electrons. The fourth-order valence-electron chi connectivity index (χ4n) is 5.83. The summed E-state index contributed by atoms with van der Waals surface area (Å²) in [5, 5.41) is 6.09. The predicted octanol–water partition coefficient (Wildman–Crippen LogP) is 1.55. The molecule has 5 fully saturated rings. The summed E-state index contributed by atoms with van der Waals surface area (Å²) in [6.45, 7) is 12.7. The molecule has 5 aliphatic heterocycles. The maximum atomic E-state index is 5.73. The SMILES string of the molecule is C1CCN(C2(N3CCCC3)C(N3CCC3)SCCN2N2CCOCC2)CC1. The molecule has 5 rings (SSSR count). The summed E-state index contributed by atoms with van der Waals surface area (Å²) in [5.41, 5.74) is 0. The van der Waals surface area contributed by atoms with Crippen LogP contribution < -0.4 is 0 Å². The van der Waals surface area contributed by atoms with Crippen LogP contribution in [0.4, 0.5) is 0 Å². The highest BCUT2D eigenvalue weighted by atomic mass is 32.2. The first kappa shape index (κ1) is 19.1. The smallest absolute Gasteiger partial charge is 0.169 e. The average molecular weight is 396 g/mol. The first-order valence-electron chi connectivity index (χ1n) is 11.4. The predicted molar refractivity (Wildman–Crippen MR) is 110 cm³/mol. The quantitative estimate of drug-likeness (QED) is 0.712. The fourth-order valence-corrected chi connectivity index (χ4v) is 7.40. The van der Waals surface area contributed by atoms with Gasteiger partial charge in [0, 0.05) is 64.7 Å². The van der Waals surface area contributed by atoms with Crippen LogP contribution in [0.2, 0.25) is 0 Å². The third-order valence-corrected chi connectivity index (χ3v) is 8.58. The molecule has 27 heavy (non-hydrogen) atoms. The molecule has 2 unspecified atom stereocenters. The van der Waals surface area contributed by atoms with Gasteiger partial charge in [0.25, 0.3) is 0 Å². The lowest BCUT2D eigenvalue weighted by atomic mass is 10.0. The molecular weight excluding hydrogens is 358 g/mol. The second kappa shape index (κ2) is 8.46. The zero-order valence-corrected chi connectivity index (χ0v) is 17.7. The van der Waals surface area contributed by atoms with E-state index >= 15 is 0 Å². The van der Waals surface area contributed by atoms with E-state index in [9.17, 15) is 0 Å². The summed E-state index contributed by atoms with van der Waals surface area (Å²) >= 11 is 2.25. The molecule has 2 atom stereocenters. The van der Waals surface area contributed by atoms with Gasteiger partial charge in [-0.1, -0.05) is 6.42 Å². The molecule has 5 saturated heterocycles. The van der Waals surface area contributed by atoms with E-state index in [1.807, 2.05) is 0 Å². The highest BCUT2D eigenvalue weighted by Gasteiger charge is 2.59. The van der Waals surface area contributed by atoms with E-state index in [0.717, 1.165) is 26.3 Å². The molecule has 0 N–H and O–H groups in total. The Balaban J connectivity index is 1.55. The van der Waals surface area contributed by atoms with E-state index in [0.29, 0.717) is 5.37 Å². The second-order valence-corrected chi connectivity index (χ2v) is 9.92. The Labute approximate surface area is 169 Å². The van der Waals surface area contributed by atoms with Gasteiger partial charge < -0.3 is 4.74 Å². The molecule has 0 saturated carbocycles. The van der Waals surface area contributed by atoms with Crippen molar-refractivity contribution >= 4 is 11.8 Å². The molecule has 0 bridgehead atoms. The Morgan fingerprint density at radius 2 is 1.30 bits per heavy atom. The molecule has 0 aliphatic carbocycles. The molecule has 154 valence electrons. The average Bonchev–Trinajstić information content (AvgIpc) is 3.23. The number of ether oxygens (including phenoxy) is 1. The van der Waals surface area contributed by atoms with E-state index < -0.39 is 0 Å². The minimum Gasteiger partial charge on any atom is -0.379 e. The molecule has 0 aromatic rings. The summed E-state index contributed by atoms with van der Waals surface area (Å²) < 4.78 is 5.73. The topological polar surface area (TPSA) is 25.4 Å². The van der Waals surface area contributed by atoms with Crippen LogP contribution in [0.15, 0.2) is 0 Å². The van der Waals surface area contributed by atoms with Gasteiger partial charge in [0.1, 0.15) is 5.37 Å². The summed E-state index contributed by atoms with van der Waals surface area (Å²) in [5.74, 6) is 1.31. The van der Waals surface area contributed by atoms with Gasteiger partial charge in [-0.3, -0.25) is 14.7 Å². The lowest BCUT2D eigenvalue weighted by Crippen LogP contribution is -2.82. The van der Waals surface area contributed by atoms with Gasteiger partial charge in [0.2, 0.25) is 0 Å². The number of rotatable bonds is 4. The lowest BCUT2D eigenvalue weighted by molar-refractivity contribution is -0.275. The van der Waals surface area contributed by atoms with Crippen LogP contribution in [0, 0.1) is 0 Å². The molecule has 5 heterocycles. The van der Waals surface area contributed by atoms with Crippen LogP contribution in [0.5, 0.6) is 0 Å². The van der Waals surface area contributed by atoms with Gasteiger partial charge in [0.05, 0.1) is 13.2 Å². The van der Waals surface area contributed by atoms with Gasteiger partial charge in [-0.05, 0) is 32.1 Å². The first-order chi connectivity index (χ1) is 13.4. The zero-order chi connectivity index (χ0) is 18.1. The Kier molecular flexibility index (Phi) is 5.98. The van der Waals surface area contributed by atoms with Gasteiger partial charge in [0.15, 0.2) is 5.79 Å². The molecule has 7 heteroatoms. The number of morpholine rings is 1. The number of hydrogen-bond acceptors (Lipinski definition) is 7. The van der Waals surface area contributed by atoms with Crippen LogP contribution >= 0.6 is 11.8 Å². The van der Waals surface area contributed by atoms with Crippen molar-refractivity contribution in [2.75, 3.05) is 77.9 Å². The van der Waals surface area contributed by atoms with E-state index in [1.54, 1.807) is 0 Å². The van der Waals surface area contributed by atoms with E-state index in [1.165, 1.54) is 90.1 Å². The van der Waals surface area contributed by atoms with Crippen molar-refractivity contribution in [1.82, 2.24) is 24.7 Å². The third-order valence-electron chi connectivity index (χ3n) is 7.23. The highest BCUT2D eigenvalue weighted by molar-refractivity contribution is 8.00. The van der Waals surface area contributed by atoms with Gasteiger partial charge in [-0.15, -0.1) is 11.8 Å². The van der Waals surface area contributed by atoms with Crippen LogP contribution in [0.25, 0.3) is 0 Å². The maximum Gasteiger partial charge on any atom is 0.169 e. The monoisotopic (exact) mass is 395 g/mol. The molecule has 5 aliphatic rings. The number of hydrogen-bond donors (Lipinski definition) is 0. The molecule has 6 nitrogen and oxygen atoms in total. The van der Waals surface area contributed by atoms with E-state index in [2.05, 4.69) is 36.5 Å². The van der Waals surface area contributed by atoms with Gasteiger partial charge in [-0.25, -0.2) is 10.0 Å². The molecule has 0 aromatic heterocycles. The van der Waals surface area contributed by atoms with Crippen LogP contribution in [-0.4, -0.2) is 114 Å². The zero-order valence-electron chi connectivity index (χ0n) is 16.9. The summed E-state index contributed by atoms with van der Waals surface area (Å²) in [6, 6.07) is 0. The second-order valence-electron chi connectivity index (χ2n) is 8.73. The Morgan fingerprint density at radius 1 is 0.667 bits per heavy atom. The Hall–Kier alpha value is 0.110. The summed E-state index contributed by atoms with van der Waals surface area (Å²) in [7, 11) is 0. The summed E-state index contributed by atoms with van der Waals surface area (Å²) in [4.78, 5) is 8.60. The number of piperidine rings is 1. The molecule has 0 spiro atoms. The number of hydrazine groups is 1. The normalized spacial score (nSPS) is 38.9. The summed E-state index contributed by atoms with van der Waals surface area (Å²) in [6.07, 6.45) is 8.25. The maximum absolute atomic E-state index is 5.73. The molecule has 0 amide bonds. The number of thioether (sulfide) groups is 1. The molecule has 0 aromatic carbocycles. The van der Waals surface area contributed by atoms with Crippen molar-refractivity contribution in [3.8, 4) is 0 Å². The van der Waals surface area contributed by atoms with Crippen molar-refractivity contribution in [2.45, 2.75) is 49.7 Å². The van der Waals surface area contributed by atoms with Crippen LogP contribution in [-0.2, 0) is 4.74 Å². The van der Waals surface area contributed by atoms with Crippen LogP contribution in [0.3, 0.4) is 0 Å². The van der Waals surface area contributed by atoms with Crippen molar-refractivity contribution in [1.29, 1.82) is 0 Å². The van der Waals surface area contributed by atoms with Crippen molar-refractivity contribution in [3.05, 3.63) is 0 Å². The Bertz CT molecular complexity index is 489. The van der Waals surface area contributed by atoms with Crippen LogP contribution in [0.1, 0.15) is 38.5 Å². The van der Waals surface area contributed by atoms with Gasteiger partial charge in [-0.2, -0.15) is 0 Å². The van der Waals surface area contributed by atoms with Crippen molar-refractivity contribution in [3.63, 3.8) is 0 Å². The minimum atomic E-state index is 0.0532. The molecular formula is C20H37N5OS.